The van der Waals surface area contributed by atoms with E-state index in [0.717, 1.165) is 5.39 Å². The van der Waals surface area contributed by atoms with Gasteiger partial charge < -0.3 is 24.8 Å². The van der Waals surface area contributed by atoms with Gasteiger partial charge in [0.1, 0.15) is 18.3 Å². The smallest absolute Gasteiger partial charge is 0.297 e. The number of hydrogen-bond acceptors (Lipinski definition) is 8. The van der Waals surface area contributed by atoms with Gasteiger partial charge in [0.05, 0.1) is 11.5 Å². The molecule has 0 spiro atoms. The van der Waals surface area contributed by atoms with Gasteiger partial charge in [0.25, 0.3) is 10.1 Å². The molecule has 0 aliphatic carbocycles. The van der Waals surface area contributed by atoms with Crippen molar-refractivity contribution in [2.45, 2.75) is 35.6 Å². The molecule has 1 aliphatic rings. The molecule has 26 heavy (non-hydrogen) atoms. The third-order valence-electron chi connectivity index (χ3n) is 4.30. The van der Waals surface area contributed by atoms with Crippen molar-refractivity contribution in [3.05, 3.63) is 42.5 Å². The lowest BCUT2D eigenvalue weighted by Crippen LogP contribution is -2.60. The summed E-state index contributed by atoms with van der Waals surface area (Å²) in [5.74, 6) is 0. The first-order valence-electron chi connectivity index (χ1n) is 7.94. The van der Waals surface area contributed by atoms with Crippen LogP contribution in [0.2, 0.25) is 0 Å². The molecule has 2 aromatic rings. The minimum Gasteiger partial charge on any atom is -0.394 e. The summed E-state index contributed by atoms with van der Waals surface area (Å²) in [6, 6.07) is 11.7. The van der Waals surface area contributed by atoms with Crippen molar-refractivity contribution in [2.24, 2.45) is 0 Å². The molecule has 0 radical (unpaired) electrons. The first-order valence-corrected chi connectivity index (χ1v) is 9.35. The Morgan fingerprint density at radius 3 is 2.42 bits per heavy atom. The van der Waals surface area contributed by atoms with Gasteiger partial charge in [-0.2, -0.15) is 8.42 Å². The maximum absolute atomic E-state index is 12.6. The molecule has 2 aromatic carbocycles. The lowest BCUT2D eigenvalue weighted by Gasteiger charge is -2.40. The van der Waals surface area contributed by atoms with E-state index in [1.165, 1.54) is 19.2 Å². The largest absolute Gasteiger partial charge is 0.394 e. The molecular formula is C17H20O8S. The first kappa shape index (κ1) is 19.2. The van der Waals surface area contributed by atoms with Crippen molar-refractivity contribution >= 4 is 20.9 Å². The highest BCUT2D eigenvalue weighted by Crippen LogP contribution is 2.28. The van der Waals surface area contributed by atoms with Crippen LogP contribution >= 0.6 is 0 Å². The summed E-state index contributed by atoms with van der Waals surface area (Å²) in [5.41, 5.74) is 0. The highest BCUT2D eigenvalue weighted by atomic mass is 32.2. The second kappa shape index (κ2) is 7.57. The summed E-state index contributed by atoms with van der Waals surface area (Å²) in [7, 11) is -3.03. The Kier molecular flexibility index (Phi) is 5.58. The van der Waals surface area contributed by atoms with Crippen molar-refractivity contribution in [1.82, 2.24) is 0 Å². The van der Waals surface area contributed by atoms with E-state index in [1.807, 2.05) is 12.1 Å². The molecule has 0 bridgehead atoms. The molecule has 1 aliphatic heterocycles. The molecule has 0 amide bonds. The van der Waals surface area contributed by atoms with Crippen LogP contribution in [0.15, 0.2) is 47.4 Å². The summed E-state index contributed by atoms with van der Waals surface area (Å²) in [6.45, 7) is -0.567. The van der Waals surface area contributed by atoms with E-state index in [2.05, 4.69) is 0 Å². The number of methoxy groups -OCH3 is 1. The number of benzene rings is 2. The van der Waals surface area contributed by atoms with E-state index in [1.54, 1.807) is 18.2 Å². The molecule has 0 unspecified atom stereocenters. The number of fused-ring (bicyclic) bond motifs is 1. The maximum atomic E-state index is 12.6. The monoisotopic (exact) mass is 384 g/mol. The molecular weight excluding hydrogens is 364 g/mol. The third-order valence-corrected chi connectivity index (χ3v) is 5.61. The van der Waals surface area contributed by atoms with Crippen LogP contribution in [-0.2, 0) is 23.8 Å². The van der Waals surface area contributed by atoms with Gasteiger partial charge in [0.15, 0.2) is 12.4 Å². The molecule has 0 saturated carbocycles. The highest BCUT2D eigenvalue weighted by molar-refractivity contribution is 7.86. The Labute approximate surface area is 150 Å². The Hall–Kier alpha value is -1.59. The molecule has 5 atom stereocenters. The van der Waals surface area contributed by atoms with Crippen LogP contribution in [0, 0.1) is 0 Å². The van der Waals surface area contributed by atoms with Crippen LogP contribution in [0.25, 0.3) is 10.8 Å². The fraction of sp³-hybridized carbons (Fsp3) is 0.412. The molecule has 3 rings (SSSR count). The Morgan fingerprint density at radius 2 is 1.77 bits per heavy atom. The molecule has 3 N–H and O–H groups in total. The van der Waals surface area contributed by atoms with Gasteiger partial charge >= 0.3 is 0 Å². The van der Waals surface area contributed by atoms with E-state index in [-0.39, 0.29) is 4.90 Å². The van der Waals surface area contributed by atoms with Crippen LogP contribution in [0.1, 0.15) is 0 Å². The molecule has 0 aromatic heterocycles. The zero-order valence-corrected chi connectivity index (χ0v) is 14.7. The summed E-state index contributed by atoms with van der Waals surface area (Å²) in [6.07, 6.45) is -7.03. The van der Waals surface area contributed by atoms with E-state index in [9.17, 15) is 23.7 Å². The van der Waals surface area contributed by atoms with Crippen LogP contribution in [0.5, 0.6) is 0 Å². The fourth-order valence-electron chi connectivity index (χ4n) is 2.87. The van der Waals surface area contributed by atoms with E-state index in [4.69, 9.17) is 13.7 Å². The van der Waals surface area contributed by atoms with Crippen LogP contribution in [0.3, 0.4) is 0 Å². The molecule has 1 heterocycles. The minimum absolute atomic E-state index is 0.1000. The summed E-state index contributed by atoms with van der Waals surface area (Å²) >= 11 is 0. The molecule has 1 fully saturated rings. The molecule has 142 valence electrons. The second-order valence-corrected chi connectivity index (χ2v) is 7.54. The van der Waals surface area contributed by atoms with Gasteiger partial charge in [0, 0.05) is 7.11 Å². The lowest BCUT2D eigenvalue weighted by atomic mass is 9.99. The quantitative estimate of drug-likeness (QED) is 0.616. The van der Waals surface area contributed by atoms with Gasteiger partial charge in [-0.05, 0) is 22.9 Å². The van der Waals surface area contributed by atoms with Crippen molar-refractivity contribution in [3.63, 3.8) is 0 Å². The topological polar surface area (TPSA) is 123 Å². The number of aliphatic hydroxyl groups is 3. The number of hydrogen-bond donors (Lipinski definition) is 3. The Morgan fingerprint density at radius 1 is 1.08 bits per heavy atom. The van der Waals surface area contributed by atoms with Crippen LogP contribution < -0.4 is 0 Å². The number of rotatable bonds is 5. The molecule has 8 nitrogen and oxygen atoms in total. The van der Waals surface area contributed by atoms with Gasteiger partial charge in [-0.1, -0.05) is 30.3 Å². The van der Waals surface area contributed by atoms with E-state index < -0.39 is 47.4 Å². The second-order valence-electron chi connectivity index (χ2n) is 5.97. The van der Waals surface area contributed by atoms with Crippen molar-refractivity contribution in [1.29, 1.82) is 0 Å². The van der Waals surface area contributed by atoms with Crippen molar-refractivity contribution < 1.29 is 37.4 Å². The predicted octanol–water partition coefficient (Wildman–Crippen LogP) is -0.000900. The SMILES string of the molecule is CO[C@H]1O[C@H](CO)[C@@H](O)[C@H](O)[C@H]1OS(=O)(=O)c1ccc2ccccc2c1. The van der Waals surface area contributed by atoms with Gasteiger partial charge in [-0.15, -0.1) is 0 Å². The number of aliphatic hydroxyl groups excluding tert-OH is 3. The van der Waals surface area contributed by atoms with E-state index in [0.29, 0.717) is 5.39 Å². The van der Waals surface area contributed by atoms with Gasteiger partial charge in [-0.3, -0.25) is 4.18 Å². The highest BCUT2D eigenvalue weighted by Gasteiger charge is 2.47. The third kappa shape index (κ3) is 3.60. The van der Waals surface area contributed by atoms with Crippen LogP contribution in [0.4, 0.5) is 0 Å². The minimum atomic E-state index is -4.27. The van der Waals surface area contributed by atoms with E-state index >= 15 is 0 Å². The predicted molar refractivity (Wildman–Crippen MR) is 90.8 cm³/mol. The van der Waals surface area contributed by atoms with Crippen molar-refractivity contribution in [2.75, 3.05) is 13.7 Å². The zero-order chi connectivity index (χ0) is 18.9. The zero-order valence-electron chi connectivity index (χ0n) is 13.9. The van der Waals surface area contributed by atoms with Crippen molar-refractivity contribution in [3.8, 4) is 0 Å². The fourth-order valence-corrected chi connectivity index (χ4v) is 3.99. The lowest BCUT2D eigenvalue weighted by molar-refractivity contribution is -0.288. The maximum Gasteiger partial charge on any atom is 0.297 e. The van der Waals surface area contributed by atoms with Crippen LogP contribution in [-0.4, -0.2) is 68.2 Å². The Balaban J connectivity index is 1.89. The molecule has 1 saturated heterocycles. The summed E-state index contributed by atoms with van der Waals surface area (Å²) < 4.78 is 40.7. The summed E-state index contributed by atoms with van der Waals surface area (Å²) in [5, 5.41) is 30.9. The summed E-state index contributed by atoms with van der Waals surface area (Å²) in [4.78, 5) is -0.1000. The Bertz CT molecular complexity index is 866. The molecule has 9 heteroatoms. The van der Waals surface area contributed by atoms with Gasteiger partial charge in [-0.25, -0.2) is 0 Å². The normalized spacial score (nSPS) is 29.8. The average Bonchev–Trinajstić information content (AvgIpc) is 2.65. The number of ether oxygens (including phenoxy) is 2. The average molecular weight is 384 g/mol. The van der Waals surface area contributed by atoms with Gasteiger partial charge in [0.2, 0.25) is 0 Å². The first-order chi connectivity index (χ1) is 12.4. The standard InChI is InChI=1S/C17H20O8S/c1-23-17-16(15(20)14(19)13(9-18)24-17)25-26(21,22)12-7-6-10-4-2-3-5-11(10)8-12/h2-8,13-20H,9H2,1H3/t13-,14-,15+,16-,17+/m1/s1.